The summed E-state index contributed by atoms with van der Waals surface area (Å²) in [6, 6.07) is 12.5. The van der Waals surface area contributed by atoms with Crippen LogP contribution < -0.4 is 5.32 Å². The number of benzene rings is 1. The molecule has 0 aliphatic carbocycles. The van der Waals surface area contributed by atoms with Crippen LogP contribution in [0, 0.1) is 3.57 Å². The summed E-state index contributed by atoms with van der Waals surface area (Å²) in [4.78, 5) is 14.6. The molecule has 116 valence electrons. The molecule has 1 aliphatic rings. The van der Waals surface area contributed by atoms with Gasteiger partial charge in [-0.1, -0.05) is 0 Å². The molecule has 0 radical (unpaired) electrons. The smallest absolute Gasteiger partial charge is 0.238 e. The molecule has 2 heterocycles. The number of nitrogens with zero attached hydrogens (tertiary/aromatic N) is 2. The number of aryl methyl sites for hydroxylation is 1. The standard InChI is InChI=1S/C17H20IN3O/c1-20-10-2-4-15(20)16-5-3-11-21(16)12-17(22)19-14-8-6-13(18)7-9-14/h2,4,6-10,16H,3,5,11-12H2,1H3,(H,19,22)/t16-/m0/s1. The fraction of sp³-hybridized carbons (Fsp3) is 0.353. The zero-order chi connectivity index (χ0) is 15.5. The zero-order valence-electron chi connectivity index (χ0n) is 12.6. The predicted molar refractivity (Wildman–Crippen MR) is 96.7 cm³/mol. The average molecular weight is 409 g/mol. The summed E-state index contributed by atoms with van der Waals surface area (Å²) in [6.45, 7) is 1.43. The van der Waals surface area contributed by atoms with E-state index in [2.05, 4.69) is 62.8 Å². The summed E-state index contributed by atoms with van der Waals surface area (Å²) < 4.78 is 3.32. The molecule has 4 nitrogen and oxygen atoms in total. The van der Waals surface area contributed by atoms with Crippen LogP contribution in [0.15, 0.2) is 42.6 Å². The molecule has 1 amide bonds. The molecule has 0 spiro atoms. The maximum atomic E-state index is 12.3. The number of aromatic nitrogens is 1. The number of hydrogen-bond acceptors (Lipinski definition) is 2. The SMILES string of the molecule is Cn1cccc1[C@@H]1CCCN1CC(=O)Nc1ccc(I)cc1. The number of hydrogen-bond donors (Lipinski definition) is 1. The van der Waals surface area contributed by atoms with Crippen molar-refractivity contribution in [1.29, 1.82) is 0 Å². The van der Waals surface area contributed by atoms with Gasteiger partial charge < -0.3 is 9.88 Å². The Bertz CT molecular complexity index is 650. The van der Waals surface area contributed by atoms with Crippen LogP contribution in [-0.2, 0) is 11.8 Å². The summed E-state index contributed by atoms with van der Waals surface area (Å²) in [6.07, 6.45) is 4.33. The first-order valence-electron chi connectivity index (χ1n) is 7.54. The van der Waals surface area contributed by atoms with Crippen molar-refractivity contribution in [1.82, 2.24) is 9.47 Å². The first-order valence-corrected chi connectivity index (χ1v) is 8.62. The molecule has 3 rings (SSSR count). The van der Waals surface area contributed by atoms with Crippen molar-refractivity contribution in [3.05, 3.63) is 51.9 Å². The number of rotatable bonds is 4. The molecule has 22 heavy (non-hydrogen) atoms. The molecule has 0 bridgehead atoms. The third kappa shape index (κ3) is 3.52. The zero-order valence-corrected chi connectivity index (χ0v) is 14.8. The van der Waals surface area contributed by atoms with Gasteiger partial charge in [0.2, 0.25) is 5.91 Å². The number of amides is 1. The highest BCUT2D eigenvalue weighted by molar-refractivity contribution is 14.1. The van der Waals surface area contributed by atoms with Crippen LogP contribution in [0.1, 0.15) is 24.6 Å². The minimum Gasteiger partial charge on any atom is -0.353 e. The maximum Gasteiger partial charge on any atom is 0.238 e. The highest BCUT2D eigenvalue weighted by Crippen LogP contribution is 2.31. The van der Waals surface area contributed by atoms with E-state index in [9.17, 15) is 4.79 Å². The predicted octanol–water partition coefficient (Wildman–Crippen LogP) is 3.41. The summed E-state index contributed by atoms with van der Waals surface area (Å²) in [5.41, 5.74) is 2.15. The Morgan fingerprint density at radius 1 is 1.32 bits per heavy atom. The van der Waals surface area contributed by atoms with Gasteiger partial charge in [0.15, 0.2) is 0 Å². The molecule has 5 heteroatoms. The number of carbonyl (C=O) groups excluding carboxylic acids is 1. The molecular formula is C17H20IN3O. The molecule has 1 aromatic heterocycles. The summed E-state index contributed by atoms with van der Waals surface area (Å²) in [5, 5.41) is 2.99. The lowest BCUT2D eigenvalue weighted by atomic mass is 10.1. The number of halogens is 1. The number of likely N-dealkylation sites (tertiary alicyclic amines) is 1. The van der Waals surface area contributed by atoms with E-state index >= 15 is 0 Å². The maximum absolute atomic E-state index is 12.3. The fourth-order valence-corrected chi connectivity index (χ4v) is 3.45. The number of nitrogens with one attached hydrogen (secondary N) is 1. The highest BCUT2D eigenvalue weighted by Gasteiger charge is 2.28. The van der Waals surface area contributed by atoms with Crippen LogP contribution in [0.4, 0.5) is 5.69 Å². The van der Waals surface area contributed by atoms with Crippen molar-refractivity contribution in [3.8, 4) is 0 Å². The Morgan fingerprint density at radius 2 is 2.09 bits per heavy atom. The van der Waals surface area contributed by atoms with Crippen LogP contribution in [0.2, 0.25) is 0 Å². The second-order valence-electron chi connectivity index (χ2n) is 5.73. The third-order valence-electron chi connectivity index (χ3n) is 4.16. The average Bonchev–Trinajstić information content (AvgIpc) is 3.10. The summed E-state index contributed by atoms with van der Waals surface area (Å²) in [7, 11) is 2.07. The molecular weight excluding hydrogens is 389 g/mol. The Balaban J connectivity index is 1.63. The van der Waals surface area contributed by atoms with E-state index in [-0.39, 0.29) is 5.91 Å². The van der Waals surface area contributed by atoms with Crippen LogP contribution in [0.25, 0.3) is 0 Å². The van der Waals surface area contributed by atoms with E-state index in [1.807, 2.05) is 24.3 Å². The van der Waals surface area contributed by atoms with Gasteiger partial charge in [0, 0.05) is 28.2 Å². The van der Waals surface area contributed by atoms with E-state index in [4.69, 9.17) is 0 Å². The van der Waals surface area contributed by atoms with Crippen LogP contribution in [0.3, 0.4) is 0 Å². The molecule has 0 saturated carbocycles. The molecule has 2 aromatic rings. The second kappa shape index (κ2) is 6.83. The van der Waals surface area contributed by atoms with Crippen molar-refractivity contribution in [2.45, 2.75) is 18.9 Å². The van der Waals surface area contributed by atoms with E-state index in [0.717, 1.165) is 25.1 Å². The van der Waals surface area contributed by atoms with E-state index in [1.54, 1.807) is 0 Å². The quantitative estimate of drug-likeness (QED) is 0.787. The summed E-state index contributed by atoms with van der Waals surface area (Å²) >= 11 is 2.26. The molecule has 1 N–H and O–H groups in total. The van der Waals surface area contributed by atoms with Gasteiger partial charge in [-0.25, -0.2) is 0 Å². The number of carbonyl (C=O) groups is 1. The van der Waals surface area contributed by atoms with E-state index < -0.39 is 0 Å². The molecule has 1 saturated heterocycles. The minimum atomic E-state index is 0.0577. The van der Waals surface area contributed by atoms with Gasteiger partial charge in [0.05, 0.1) is 12.6 Å². The Hall–Kier alpha value is -1.34. The molecule has 1 aliphatic heterocycles. The Labute approximate surface area is 144 Å². The van der Waals surface area contributed by atoms with Gasteiger partial charge in [-0.15, -0.1) is 0 Å². The van der Waals surface area contributed by atoms with Gasteiger partial charge in [-0.05, 0) is 78.4 Å². The summed E-state index contributed by atoms with van der Waals surface area (Å²) in [5.74, 6) is 0.0577. The van der Waals surface area contributed by atoms with Crippen molar-refractivity contribution in [2.24, 2.45) is 7.05 Å². The largest absolute Gasteiger partial charge is 0.353 e. The minimum absolute atomic E-state index is 0.0577. The van der Waals surface area contributed by atoms with Crippen LogP contribution in [-0.4, -0.2) is 28.5 Å². The Kier molecular flexibility index (Phi) is 4.83. The van der Waals surface area contributed by atoms with Gasteiger partial charge in [0.25, 0.3) is 0 Å². The lowest BCUT2D eigenvalue weighted by Gasteiger charge is -2.24. The van der Waals surface area contributed by atoms with E-state index in [1.165, 1.54) is 9.26 Å². The topological polar surface area (TPSA) is 37.3 Å². The molecule has 1 atom stereocenters. The lowest BCUT2D eigenvalue weighted by Crippen LogP contribution is -2.33. The van der Waals surface area contributed by atoms with Crippen molar-refractivity contribution in [2.75, 3.05) is 18.4 Å². The van der Waals surface area contributed by atoms with E-state index in [0.29, 0.717) is 12.6 Å². The normalized spacial score (nSPS) is 18.5. The Morgan fingerprint density at radius 3 is 2.77 bits per heavy atom. The first kappa shape index (κ1) is 15.6. The van der Waals surface area contributed by atoms with Crippen LogP contribution >= 0.6 is 22.6 Å². The monoisotopic (exact) mass is 409 g/mol. The van der Waals surface area contributed by atoms with Crippen LogP contribution in [0.5, 0.6) is 0 Å². The lowest BCUT2D eigenvalue weighted by molar-refractivity contribution is -0.117. The van der Waals surface area contributed by atoms with Crippen molar-refractivity contribution < 1.29 is 4.79 Å². The van der Waals surface area contributed by atoms with Gasteiger partial charge in [0.1, 0.15) is 0 Å². The molecule has 0 unspecified atom stereocenters. The van der Waals surface area contributed by atoms with Gasteiger partial charge in [-0.2, -0.15) is 0 Å². The molecule has 1 aromatic carbocycles. The number of anilines is 1. The molecule has 1 fully saturated rings. The van der Waals surface area contributed by atoms with Gasteiger partial charge >= 0.3 is 0 Å². The first-order chi connectivity index (χ1) is 10.6. The second-order valence-corrected chi connectivity index (χ2v) is 6.97. The van der Waals surface area contributed by atoms with Crippen molar-refractivity contribution >= 4 is 34.2 Å². The fourth-order valence-electron chi connectivity index (χ4n) is 3.09. The van der Waals surface area contributed by atoms with Crippen molar-refractivity contribution in [3.63, 3.8) is 0 Å². The van der Waals surface area contributed by atoms with Gasteiger partial charge in [-0.3, -0.25) is 9.69 Å². The third-order valence-corrected chi connectivity index (χ3v) is 4.88. The highest BCUT2D eigenvalue weighted by atomic mass is 127.